The molecule has 3 N–H and O–H groups in total. The van der Waals surface area contributed by atoms with E-state index in [0.29, 0.717) is 35.3 Å². The normalized spacial score (nSPS) is 17.9. The van der Waals surface area contributed by atoms with Gasteiger partial charge in [-0.2, -0.15) is 0 Å². The second-order valence-corrected chi connectivity index (χ2v) is 7.26. The Balaban J connectivity index is 1.97. The number of nitrogens with zero attached hydrogens (tertiary/aromatic N) is 1. The van der Waals surface area contributed by atoms with Gasteiger partial charge in [-0.25, -0.2) is 4.99 Å². The number of benzene rings is 2. The lowest BCUT2D eigenvalue weighted by Gasteiger charge is -2.32. The number of hydrogen-bond acceptors (Lipinski definition) is 6. The van der Waals surface area contributed by atoms with E-state index < -0.39 is 12.0 Å². The highest BCUT2D eigenvalue weighted by Gasteiger charge is 2.36. The van der Waals surface area contributed by atoms with Gasteiger partial charge in [0, 0.05) is 11.8 Å². The number of carbonyl (C=O) groups excluding carboxylic acids is 1. The largest absolute Gasteiger partial charge is 0.504 e. The molecule has 1 aliphatic rings. The van der Waals surface area contributed by atoms with E-state index in [-0.39, 0.29) is 16.8 Å². The molecule has 31 heavy (non-hydrogen) atoms. The molecule has 0 saturated heterocycles. The first-order valence-electron chi connectivity index (χ1n) is 9.72. The van der Waals surface area contributed by atoms with Crippen molar-refractivity contribution < 1.29 is 24.1 Å². The maximum Gasteiger partial charge on any atom is 0.235 e. The minimum Gasteiger partial charge on any atom is -0.504 e. The first kappa shape index (κ1) is 22.4. The number of phenolic OH excluding ortho intramolecular Hbond substituents is 1. The lowest BCUT2D eigenvalue weighted by atomic mass is 9.87. The summed E-state index contributed by atoms with van der Waals surface area (Å²) in [5, 5.41) is 16.4. The van der Waals surface area contributed by atoms with Crippen molar-refractivity contribution >= 4 is 34.6 Å². The summed E-state index contributed by atoms with van der Waals surface area (Å²) in [6.07, 6.45) is 0. The number of anilines is 1. The fourth-order valence-electron chi connectivity index (χ4n) is 3.45. The van der Waals surface area contributed by atoms with Crippen LogP contribution < -0.4 is 24.8 Å². The van der Waals surface area contributed by atoms with E-state index in [1.165, 1.54) is 13.2 Å². The number of thiocarbonyl (C=S) groups is 1. The standard InChI is InChI=1S/C22H25N3O5S/c1-5-30-18-10-13(6-8-16(18)26)20-19(12(2)23-22(31)25-20)21(27)24-15-11-14(28-3)7-9-17(15)29-4/h6-11,19-20,26H,5H2,1-4H3,(H,24,27)(H,25,31). The van der Waals surface area contributed by atoms with Gasteiger partial charge < -0.3 is 30.0 Å². The topological polar surface area (TPSA) is 101 Å². The average Bonchev–Trinajstić information content (AvgIpc) is 2.74. The van der Waals surface area contributed by atoms with Crippen LogP contribution in [0.4, 0.5) is 5.69 Å². The molecule has 164 valence electrons. The molecular formula is C22H25N3O5S. The van der Waals surface area contributed by atoms with Crippen molar-refractivity contribution in [2.24, 2.45) is 10.9 Å². The highest BCUT2D eigenvalue weighted by molar-refractivity contribution is 7.80. The molecule has 3 rings (SSSR count). The number of amides is 1. The van der Waals surface area contributed by atoms with E-state index >= 15 is 0 Å². The number of nitrogens with one attached hydrogen (secondary N) is 2. The summed E-state index contributed by atoms with van der Waals surface area (Å²) < 4.78 is 16.1. The molecule has 2 atom stereocenters. The van der Waals surface area contributed by atoms with E-state index in [4.69, 9.17) is 26.4 Å². The molecule has 0 fully saturated rings. The zero-order chi connectivity index (χ0) is 22.5. The molecule has 0 bridgehead atoms. The zero-order valence-corrected chi connectivity index (χ0v) is 18.6. The zero-order valence-electron chi connectivity index (χ0n) is 17.8. The van der Waals surface area contributed by atoms with Crippen LogP contribution in [0, 0.1) is 5.92 Å². The molecule has 2 unspecified atom stereocenters. The van der Waals surface area contributed by atoms with Crippen molar-refractivity contribution in [1.82, 2.24) is 5.32 Å². The van der Waals surface area contributed by atoms with Gasteiger partial charge in [-0.3, -0.25) is 4.79 Å². The predicted molar refractivity (Wildman–Crippen MR) is 123 cm³/mol. The van der Waals surface area contributed by atoms with Gasteiger partial charge in [-0.05, 0) is 55.9 Å². The van der Waals surface area contributed by atoms with Gasteiger partial charge in [0.1, 0.15) is 17.4 Å². The number of aliphatic imine (C=N–C) groups is 1. The van der Waals surface area contributed by atoms with Gasteiger partial charge in [0.15, 0.2) is 16.6 Å². The van der Waals surface area contributed by atoms with E-state index in [9.17, 15) is 9.90 Å². The van der Waals surface area contributed by atoms with Gasteiger partial charge >= 0.3 is 0 Å². The summed E-state index contributed by atoms with van der Waals surface area (Å²) in [6.45, 7) is 3.99. The number of rotatable bonds is 7. The van der Waals surface area contributed by atoms with Gasteiger partial charge in [-0.15, -0.1) is 0 Å². The van der Waals surface area contributed by atoms with Crippen molar-refractivity contribution in [2.45, 2.75) is 19.9 Å². The maximum absolute atomic E-state index is 13.4. The highest BCUT2D eigenvalue weighted by atomic mass is 32.1. The molecule has 0 radical (unpaired) electrons. The molecule has 8 nitrogen and oxygen atoms in total. The molecule has 1 heterocycles. The van der Waals surface area contributed by atoms with Crippen molar-refractivity contribution in [3.8, 4) is 23.0 Å². The fraction of sp³-hybridized carbons (Fsp3) is 0.318. The Labute approximate surface area is 186 Å². The number of carbonyl (C=O) groups is 1. The van der Waals surface area contributed by atoms with E-state index in [0.717, 1.165) is 5.56 Å². The van der Waals surface area contributed by atoms with E-state index in [2.05, 4.69) is 15.6 Å². The second-order valence-electron chi connectivity index (χ2n) is 6.87. The summed E-state index contributed by atoms with van der Waals surface area (Å²) in [6, 6.07) is 9.61. The third-order valence-electron chi connectivity index (χ3n) is 4.93. The van der Waals surface area contributed by atoms with E-state index in [1.807, 2.05) is 6.92 Å². The summed E-state index contributed by atoms with van der Waals surface area (Å²) in [5.41, 5.74) is 1.78. The van der Waals surface area contributed by atoms with Crippen LogP contribution >= 0.6 is 12.2 Å². The predicted octanol–water partition coefficient (Wildman–Crippen LogP) is 3.45. The third kappa shape index (κ3) is 4.88. The summed E-state index contributed by atoms with van der Waals surface area (Å²) in [4.78, 5) is 17.7. The molecule has 1 amide bonds. The van der Waals surface area contributed by atoms with Crippen molar-refractivity contribution in [1.29, 1.82) is 0 Å². The molecule has 1 aliphatic heterocycles. The van der Waals surface area contributed by atoms with Gasteiger partial charge in [-0.1, -0.05) is 6.07 Å². The number of phenols is 1. The maximum atomic E-state index is 13.4. The van der Waals surface area contributed by atoms with Gasteiger partial charge in [0.2, 0.25) is 5.91 Å². The molecule has 0 saturated carbocycles. The lowest BCUT2D eigenvalue weighted by Crippen LogP contribution is -2.45. The monoisotopic (exact) mass is 443 g/mol. The molecule has 2 aromatic carbocycles. The SMILES string of the molecule is CCOc1cc(C2NC(=S)N=C(C)C2C(=O)Nc2cc(OC)ccc2OC)ccc1O. The highest BCUT2D eigenvalue weighted by Crippen LogP contribution is 2.35. The van der Waals surface area contributed by atoms with Crippen LogP contribution in [0.2, 0.25) is 0 Å². The molecule has 2 aromatic rings. The number of methoxy groups -OCH3 is 2. The van der Waals surface area contributed by atoms with Crippen LogP contribution in [-0.4, -0.2) is 42.7 Å². The average molecular weight is 444 g/mol. The molecule has 0 aliphatic carbocycles. The van der Waals surface area contributed by atoms with Crippen molar-refractivity contribution in [2.75, 3.05) is 26.1 Å². The summed E-state index contributed by atoms with van der Waals surface area (Å²) >= 11 is 5.26. The Morgan fingerprint density at radius 3 is 2.65 bits per heavy atom. The van der Waals surface area contributed by atoms with Crippen LogP contribution in [0.3, 0.4) is 0 Å². The van der Waals surface area contributed by atoms with Gasteiger partial charge in [0.25, 0.3) is 0 Å². The molecule has 9 heteroatoms. The third-order valence-corrected chi connectivity index (χ3v) is 5.14. The Kier molecular flexibility index (Phi) is 6.96. The van der Waals surface area contributed by atoms with Crippen LogP contribution in [0.5, 0.6) is 23.0 Å². The number of aromatic hydroxyl groups is 1. The number of hydrogen-bond donors (Lipinski definition) is 3. The fourth-order valence-corrected chi connectivity index (χ4v) is 3.72. The first-order chi connectivity index (χ1) is 14.9. The Morgan fingerprint density at radius 1 is 1.19 bits per heavy atom. The Bertz CT molecular complexity index is 1020. The quantitative estimate of drug-likeness (QED) is 0.564. The summed E-state index contributed by atoms with van der Waals surface area (Å²) in [7, 11) is 3.08. The van der Waals surface area contributed by atoms with Crippen molar-refractivity contribution in [3.63, 3.8) is 0 Å². The molecular weight excluding hydrogens is 418 g/mol. The Morgan fingerprint density at radius 2 is 1.97 bits per heavy atom. The van der Waals surface area contributed by atoms with Gasteiger partial charge in [0.05, 0.1) is 32.6 Å². The van der Waals surface area contributed by atoms with E-state index in [1.54, 1.807) is 44.4 Å². The lowest BCUT2D eigenvalue weighted by molar-refractivity contribution is -0.118. The first-order valence-corrected chi connectivity index (χ1v) is 10.1. The van der Waals surface area contributed by atoms with Crippen LogP contribution in [0.25, 0.3) is 0 Å². The Hall–Kier alpha value is -3.33. The molecule has 0 aromatic heterocycles. The van der Waals surface area contributed by atoms with Crippen LogP contribution in [0.15, 0.2) is 41.4 Å². The second kappa shape index (κ2) is 9.65. The minimum atomic E-state index is -0.665. The smallest absolute Gasteiger partial charge is 0.235 e. The van der Waals surface area contributed by atoms with Crippen LogP contribution in [-0.2, 0) is 4.79 Å². The summed E-state index contributed by atoms with van der Waals surface area (Å²) in [5.74, 6) is 0.488. The number of ether oxygens (including phenoxy) is 3. The minimum absolute atomic E-state index is 0.0245. The van der Waals surface area contributed by atoms with Crippen LogP contribution in [0.1, 0.15) is 25.5 Å². The van der Waals surface area contributed by atoms with Crippen molar-refractivity contribution in [3.05, 3.63) is 42.0 Å². The molecule has 0 spiro atoms.